The van der Waals surface area contributed by atoms with Crippen molar-refractivity contribution >= 4 is 30.1 Å². The summed E-state index contributed by atoms with van der Waals surface area (Å²) >= 11 is 1.59. The van der Waals surface area contributed by atoms with Crippen molar-refractivity contribution in [1.29, 1.82) is 0 Å². The first-order valence-corrected chi connectivity index (χ1v) is 6.37. The maximum Gasteiger partial charge on any atom is 0.467 e. The Bertz CT molecular complexity index is 540. The minimum absolute atomic E-state index is 0.619. The first-order chi connectivity index (χ1) is 8.34. The lowest BCUT2D eigenvalue weighted by Crippen LogP contribution is -2.48. The highest BCUT2D eigenvalue weighted by atomic mass is 32.1. The normalized spacial score (nSPS) is 13.9. The van der Waals surface area contributed by atoms with E-state index >= 15 is 0 Å². The SMILES string of the molecule is OB1c2cscc2C=NN1Cc1ccccc1. The number of thiophene rings is 1. The maximum absolute atomic E-state index is 10.2. The molecule has 1 aliphatic heterocycles. The van der Waals surface area contributed by atoms with Gasteiger partial charge in [-0.15, -0.1) is 0 Å². The van der Waals surface area contributed by atoms with Crippen LogP contribution in [0.5, 0.6) is 0 Å². The third-order valence-electron chi connectivity index (χ3n) is 2.82. The molecule has 17 heavy (non-hydrogen) atoms. The van der Waals surface area contributed by atoms with Gasteiger partial charge in [-0.05, 0) is 21.8 Å². The van der Waals surface area contributed by atoms with E-state index in [0.717, 1.165) is 16.6 Å². The fourth-order valence-corrected chi connectivity index (χ4v) is 2.71. The van der Waals surface area contributed by atoms with Gasteiger partial charge in [-0.1, -0.05) is 30.3 Å². The number of benzene rings is 1. The molecule has 0 atom stereocenters. The van der Waals surface area contributed by atoms with E-state index < -0.39 is 7.05 Å². The summed E-state index contributed by atoms with van der Waals surface area (Å²) in [6, 6.07) is 10.0. The summed E-state index contributed by atoms with van der Waals surface area (Å²) in [7, 11) is -0.638. The predicted molar refractivity (Wildman–Crippen MR) is 71.5 cm³/mol. The molecule has 0 unspecified atom stereocenters. The van der Waals surface area contributed by atoms with E-state index in [4.69, 9.17) is 0 Å². The summed E-state index contributed by atoms with van der Waals surface area (Å²) < 4.78 is 0. The molecule has 0 saturated carbocycles. The van der Waals surface area contributed by atoms with E-state index in [1.54, 1.807) is 16.3 Å². The number of hydrogen-bond donors (Lipinski definition) is 1. The van der Waals surface area contributed by atoms with Crippen molar-refractivity contribution in [3.63, 3.8) is 0 Å². The summed E-state index contributed by atoms with van der Waals surface area (Å²) in [5, 5.41) is 18.5. The zero-order chi connectivity index (χ0) is 11.7. The molecule has 0 aliphatic carbocycles. The Hall–Kier alpha value is -1.59. The highest BCUT2D eigenvalue weighted by Gasteiger charge is 2.29. The molecule has 3 nitrogen and oxygen atoms in total. The van der Waals surface area contributed by atoms with Crippen LogP contribution in [-0.4, -0.2) is 23.2 Å². The Balaban J connectivity index is 1.83. The van der Waals surface area contributed by atoms with Gasteiger partial charge < -0.3 is 9.94 Å². The van der Waals surface area contributed by atoms with E-state index in [0.29, 0.717) is 6.54 Å². The minimum Gasteiger partial charge on any atom is -0.428 e. The Labute approximate surface area is 104 Å². The van der Waals surface area contributed by atoms with E-state index in [1.807, 2.05) is 47.3 Å². The van der Waals surface area contributed by atoms with Crippen LogP contribution < -0.4 is 5.46 Å². The van der Waals surface area contributed by atoms with E-state index in [-0.39, 0.29) is 0 Å². The van der Waals surface area contributed by atoms with Crippen LogP contribution in [0.3, 0.4) is 0 Å². The van der Waals surface area contributed by atoms with Gasteiger partial charge in [0.1, 0.15) is 0 Å². The highest BCUT2D eigenvalue weighted by molar-refractivity contribution is 7.09. The Morgan fingerprint density at radius 1 is 1.24 bits per heavy atom. The number of nitrogens with zero attached hydrogens (tertiary/aromatic N) is 2. The topological polar surface area (TPSA) is 35.8 Å². The van der Waals surface area contributed by atoms with Gasteiger partial charge in [-0.25, -0.2) is 0 Å². The largest absolute Gasteiger partial charge is 0.467 e. The molecule has 0 amide bonds. The lowest BCUT2D eigenvalue weighted by molar-refractivity contribution is 0.381. The zero-order valence-corrected chi connectivity index (χ0v) is 9.97. The van der Waals surface area contributed by atoms with Crippen LogP contribution in [0.1, 0.15) is 11.1 Å². The van der Waals surface area contributed by atoms with Crippen molar-refractivity contribution in [2.45, 2.75) is 6.54 Å². The second-order valence-electron chi connectivity index (χ2n) is 3.98. The number of hydrogen-bond acceptors (Lipinski definition) is 4. The monoisotopic (exact) mass is 242 g/mol. The molecule has 0 radical (unpaired) electrons. The third kappa shape index (κ3) is 1.99. The van der Waals surface area contributed by atoms with Gasteiger partial charge in [0.2, 0.25) is 0 Å². The molecule has 3 rings (SSSR count). The zero-order valence-electron chi connectivity index (χ0n) is 9.15. The van der Waals surface area contributed by atoms with Crippen LogP contribution >= 0.6 is 11.3 Å². The first-order valence-electron chi connectivity index (χ1n) is 5.43. The van der Waals surface area contributed by atoms with Gasteiger partial charge in [-0.2, -0.15) is 16.4 Å². The molecule has 2 aromatic rings. The van der Waals surface area contributed by atoms with Crippen molar-refractivity contribution < 1.29 is 5.02 Å². The Kier molecular flexibility index (Phi) is 2.70. The predicted octanol–water partition coefficient (Wildman–Crippen LogP) is 1.29. The summed E-state index contributed by atoms with van der Waals surface area (Å²) in [4.78, 5) is 1.70. The molecular weight excluding hydrogens is 231 g/mol. The number of rotatable bonds is 2. The van der Waals surface area contributed by atoms with Crippen LogP contribution in [0.2, 0.25) is 0 Å². The second kappa shape index (κ2) is 4.35. The average molecular weight is 242 g/mol. The summed E-state index contributed by atoms with van der Waals surface area (Å²) in [5.41, 5.74) is 3.11. The molecule has 0 saturated heterocycles. The smallest absolute Gasteiger partial charge is 0.428 e. The standard InChI is InChI=1S/C12H11BN2OS/c16-13-12-9-17-8-11(12)6-14-15(13)7-10-4-2-1-3-5-10/h1-6,8-9,16H,7H2. The first kappa shape index (κ1) is 10.6. The molecule has 0 spiro atoms. The average Bonchev–Trinajstić information content (AvgIpc) is 2.83. The van der Waals surface area contributed by atoms with Crippen molar-refractivity contribution in [2.75, 3.05) is 0 Å². The molecule has 0 bridgehead atoms. The van der Waals surface area contributed by atoms with E-state index in [2.05, 4.69) is 5.10 Å². The van der Waals surface area contributed by atoms with Crippen molar-refractivity contribution in [1.82, 2.24) is 4.92 Å². The lowest BCUT2D eigenvalue weighted by atomic mass is 9.71. The minimum atomic E-state index is -0.638. The summed E-state index contributed by atoms with van der Waals surface area (Å²) in [6.07, 6.45) is 1.81. The third-order valence-corrected chi connectivity index (χ3v) is 3.60. The quantitative estimate of drug-likeness (QED) is 0.805. The molecule has 1 aromatic carbocycles. The Morgan fingerprint density at radius 3 is 2.88 bits per heavy atom. The maximum atomic E-state index is 10.2. The molecule has 1 aliphatic rings. The molecule has 1 aromatic heterocycles. The lowest BCUT2D eigenvalue weighted by Gasteiger charge is -2.25. The number of hydrazone groups is 1. The van der Waals surface area contributed by atoms with E-state index in [1.165, 1.54) is 0 Å². The fourth-order valence-electron chi connectivity index (χ4n) is 1.89. The van der Waals surface area contributed by atoms with Crippen LogP contribution in [-0.2, 0) is 6.54 Å². The van der Waals surface area contributed by atoms with Crippen molar-refractivity contribution in [3.05, 3.63) is 52.2 Å². The van der Waals surface area contributed by atoms with Crippen LogP contribution in [0.4, 0.5) is 0 Å². The molecule has 84 valence electrons. The molecular formula is C12H11BN2OS. The Morgan fingerprint density at radius 2 is 2.06 bits per heavy atom. The van der Waals surface area contributed by atoms with E-state index in [9.17, 15) is 5.02 Å². The van der Waals surface area contributed by atoms with Gasteiger partial charge in [0, 0.05) is 5.56 Å². The second-order valence-corrected chi connectivity index (χ2v) is 4.73. The molecule has 2 heterocycles. The summed E-state index contributed by atoms with van der Waals surface area (Å²) in [5.74, 6) is 0. The van der Waals surface area contributed by atoms with Gasteiger partial charge >= 0.3 is 7.05 Å². The molecule has 1 N–H and O–H groups in total. The number of fused-ring (bicyclic) bond motifs is 1. The molecule has 0 fully saturated rings. The fraction of sp³-hybridized carbons (Fsp3) is 0.0833. The summed E-state index contributed by atoms with van der Waals surface area (Å²) in [6.45, 7) is 0.619. The van der Waals surface area contributed by atoms with Crippen LogP contribution in [0, 0.1) is 0 Å². The van der Waals surface area contributed by atoms with Gasteiger partial charge in [0.05, 0.1) is 12.8 Å². The van der Waals surface area contributed by atoms with Gasteiger partial charge in [0.25, 0.3) is 0 Å². The van der Waals surface area contributed by atoms with Crippen LogP contribution in [0.25, 0.3) is 0 Å². The van der Waals surface area contributed by atoms with Gasteiger partial charge in [-0.3, -0.25) is 0 Å². The highest BCUT2D eigenvalue weighted by Crippen LogP contribution is 2.13. The molecule has 5 heteroatoms. The van der Waals surface area contributed by atoms with Crippen molar-refractivity contribution in [3.8, 4) is 0 Å². The van der Waals surface area contributed by atoms with Crippen LogP contribution in [0.15, 0.2) is 46.2 Å². The van der Waals surface area contributed by atoms with Crippen molar-refractivity contribution in [2.24, 2.45) is 5.10 Å². The van der Waals surface area contributed by atoms with Gasteiger partial charge in [0.15, 0.2) is 0 Å².